The Morgan fingerprint density at radius 3 is 2.68 bits per heavy atom. The maximum absolute atomic E-state index is 13.8. The summed E-state index contributed by atoms with van der Waals surface area (Å²) >= 11 is 6.82. The molecule has 0 spiro atoms. The molecule has 1 unspecified atom stereocenters. The van der Waals surface area contributed by atoms with E-state index in [0.717, 1.165) is 41.5 Å². The maximum Gasteiger partial charge on any atom is 0.212 e. The average Bonchev–Trinajstić information content (AvgIpc) is 3.72. The zero-order valence-corrected chi connectivity index (χ0v) is 23.5. The lowest BCUT2D eigenvalue weighted by Crippen LogP contribution is -2.45. The predicted octanol–water partition coefficient (Wildman–Crippen LogP) is 5.08. The first-order chi connectivity index (χ1) is 19.9. The predicted molar refractivity (Wildman–Crippen MR) is 162 cm³/mol. The SMILES string of the molecule is BC(Nc1cc(Cl)c2ncc(C#N)c(N[C@H](CC)c3ccccc3)c2c1)(C1=CN(C2CC2)NN1)c1ccc(F)nc1. The Morgan fingerprint density at radius 1 is 1.20 bits per heavy atom. The smallest absolute Gasteiger partial charge is 0.212 e. The molecular weight excluding hydrogens is 538 g/mol. The van der Waals surface area contributed by atoms with E-state index in [1.165, 1.54) is 12.3 Å². The lowest BCUT2D eigenvalue weighted by Gasteiger charge is -2.33. The van der Waals surface area contributed by atoms with Crippen LogP contribution in [0, 0.1) is 17.3 Å². The van der Waals surface area contributed by atoms with Gasteiger partial charge in [-0.1, -0.05) is 54.9 Å². The van der Waals surface area contributed by atoms with Gasteiger partial charge in [-0.25, -0.2) is 4.98 Å². The Balaban J connectivity index is 1.44. The van der Waals surface area contributed by atoms with E-state index in [1.807, 2.05) is 44.4 Å². The van der Waals surface area contributed by atoms with Gasteiger partial charge >= 0.3 is 0 Å². The molecule has 4 N–H and O–H groups in total. The topological polar surface area (TPSA) is 101 Å². The van der Waals surface area contributed by atoms with Crippen LogP contribution in [0.5, 0.6) is 0 Å². The third-order valence-electron chi connectivity index (χ3n) is 7.74. The molecule has 41 heavy (non-hydrogen) atoms. The second-order valence-electron chi connectivity index (χ2n) is 10.6. The van der Waals surface area contributed by atoms with Crippen LogP contribution in [0.25, 0.3) is 10.9 Å². The van der Waals surface area contributed by atoms with E-state index in [2.05, 4.69) is 61.7 Å². The third-order valence-corrected chi connectivity index (χ3v) is 8.03. The van der Waals surface area contributed by atoms with E-state index in [4.69, 9.17) is 11.6 Å². The van der Waals surface area contributed by atoms with Crippen molar-refractivity contribution in [1.29, 1.82) is 5.26 Å². The van der Waals surface area contributed by atoms with Crippen LogP contribution in [0.4, 0.5) is 15.8 Å². The molecule has 8 nitrogen and oxygen atoms in total. The summed E-state index contributed by atoms with van der Waals surface area (Å²) in [5.74, 6) is -0.550. The summed E-state index contributed by atoms with van der Waals surface area (Å²) in [7, 11) is 2.00. The number of aromatic nitrogens is 2. The number of benzene rings is 2. The molecule has 6 rings (SSSR count). The fraction of sp³-hybridized carbons (Fsp3) is 0.233. The van der Waals surface area contributed by atoms with Crippen molar-refractivity contribution in [3.05, 3.63) is 107 Å². The van der Waals surface area contributed by atoms with Crippen LogP contribution in [-0.2, 0) is 5.44 Å². The number of hydrogen-bond acceptors (Lipinski definition) is 8. The molecule has 1 saturated carbocycles. The summed E-state index contributed by atoms with van der Waals surface area (Å²) in [6.07, 6.45) is 8.16. The highest BCUT2D eigenvalue weighted by Crippen LogP contribution is 2.39. The van der Waals surface area contributed by atoms with E-state index < -0.39 is 11.4 Å². The fourth-order valence-electron chi connectivity index (χ4n) is 5.24. The summed E-state index contributed by atoms with van der Waals surface area (Å²) in [4.78, 5) is 8.45. The van der Waals surface area contributed by atoms with Gasteiger partial charge in [-0.05, 0) is 48.6 Å². The van der Waals surface area contributed by atoms with Gasteiger partial charge in [0.25, 0.3) is 0 Å². The van der Waals surface area contributed by atoms with Crippen LogP contribution in [0.3, 0.4) is 0 Å². The molecule has 0 amide bonds. The normalized spacial score (nSPS) is 16.8. The van der Waals surface area contributed by atoms with Crippen molar-refractivity contribution in [2.45, 2.75) is 43.7 Å². The van der Waals surface area contributed by atoms with Gasteiger partial charge in [0, 0.05) is 35.7 Å². The van der Waals surface area contributed by atoms with E-state index in [0.29, 0.717) is 33.5 Å². The van der Waals surface area contributed by atoms with Gasteiger partial charge in [0.05, 0.1) is 39.0 Å². The Bertz CT molecular complexity index is 1660. The zero-order valence-electron chi connectivity index (χ0n) is 22.7. The van der Waals surface area contributed by atoms with Crippen LogP contribution in [0.15, 0.2) is 78.9 Å². The number of nitrogens with zero attached hydrogens (tertiary/aromatic N) is 4. The van der Waals surface area contributed by atoms with Gasteiger partial charge in [0.15, 0.2) is 0 Å². The first kappa shape index (κ1) is 26.9. The van der Waals surface area contributed by atoms with Crippen LogP contribution < -0.4 is 21.6 Å². The summed E-state index contributed by atoms with van der Waals surface area (Å²) in [5.41, 5.74) is 10.8. The monoisotopic (exact) mass is 566 g/mol. The number of nitrogens with one attached hydrogen (secondary N) is 4. The highest BCUT2D eigenvalue weighted by Gasteiger charge is 2.38. The Morgan fingerprint density at radius 2 is 2.00 bits per heavy atom. The van der Waals surface area contributed by atoms with Crippen molar-refractivity contribution in [3.8, 4) is 6.07 Å². The van der Waals surface area contributed by atoms with Crippen LogP contribution >= 0.6 is 11.6 Å². The molecule has 1 fully saturated rings. The highest BCUT2D eigenvalue weighted by atomic mass is 35.5. The van der Waals surface area contributed by atoms with E-state index in [9.17, 15) is 9.65 Å². The van der Waals surface area contributed by atoms with Crippen molar-refractivity contribution < 1.29 is 4.39 Å². The number of hydrogen-bond donors (Lipinski definition) is 4. The largest absolute Gasteiger partial charge is 0.378 e. The minimum Gasteiger partial charge on any atom is -0.378 e. The Labute approximate surface area is 244 Å². The second kappa shape index (κ2) is 10.9. The first-order valence-electron chi connectivity index (χ1n) is 13.7. The first-order valence-corrected chi connectivity index (χ1v) is 14.0. The van der Waals surface area contributed by atoms with Crippen molar-refractivity contribution in [1.82, 2.24) is 25.9 Å². The molecule has 1 aliphatic carbocycles. The van der Waals surface area contributed by atoms with Crippen LogP contribution in [-0.4, -0.2) is 28.9 Å². The molecule has 2 aromatic heterocycles. The molecule has 2 atom stereocenters. The summed E-state index contributed by atoms with van der Waals surface area (Å²) in [5, 5.41) is 20.5. The van der Waals surface area contributed by atoms with Crippen molar-refractivity contribution in [2.24, 2.45) is 0 Å². The number of rotatable bonds is 9. The van der Waals surface area contributed by atoms with E-state index in [-0.39, 0.29) is 6.04 Å². The number of fused-ring (bicyclic) bond motifs is 1. The lowest BCUT2D eigenvalue weighted by atomic mass is 9.70. The quantitative estimate of drug-likeness (QED) is 0.164. The lowest BCUT2D eigenvalue weighted by molar-refractivity contribution is 0.260. The highest BCUT2D eigenvalue weighted by molar-refractivity contribution is 6.36. The molecule has 0 radical (unpaired) electrons. The van der Waals surface area contributed by atoms with E-state index in [1.54, 1.807) is 12.3 Å². The second-order valence-corrected chi connectivity index (χ2v) is 11.0. The number of halogens is 2. The number of anilines is 2. The molecule has 11 heteroatoms. The van der Waals surface area contributed by atoms with Gasteiger partial charge in [0.2, 0.25) is 5.95 Å². The molecule has 2 aliphatic rings. The Hall–Kier alpha value is -4.33. The maximum atomic E-state index is 13.8. The molecule has 0 bridgehead atoms. The minimum absolute atomic E-state index is 0.0211. The van der Waals surface area contributed by atoms with Crippen molar-refractivity contribution >= 4 is 41.7 Å². The molecule has 206 valence electrons. The molecular formula is C30H29BClFN8. The fourth-order valence-corrected chi connectivity index (χ4v) is 5.51. The van der Waals surface area contributed by atoms with Gasteiger partial charge in [-0.15, -0.1) is 5.53 Å². The van der Waals surface area contributed by atoms with Gasteiger partial charge < -0.3 is 16.1 Å². The minimum atomic E-state index is -0.835. The van der Waals surface area contributed by atoms with Crippen molar-refractivity contribution in [2.75, 3.05) is 10.6 Å². The van der Waals surface area contributed by atoms with Crippen LogP contribution in [0.2, 0.25) is 5.02 Å². The molecule has 2 aromatic carbocycles. The molecule has 4 aromatic rings. The number of hydrazine groups is 2. The van der Waals surface area contributed by atoms with Crippen LogP contribution in [0.1, 0.15) is 48.9 Å². The third kappa shape index (κ3) is 5.26. The number of nitriles is 1. The summed E-state index contributed by atoms with van der Waals surface area (Å²) < 4.78 is 13.8. The molecule has 3 heterocycles. The Kier molecular flexibility index (Phi) is 7.16. The van der Waals surface area contributed by atoms with Crippen molar-refractivity contribution in [3.63, 3.8) is 0 Å². The zero-order chi connectivity index (χ0) is 28.6. The van der Waals surface area contributed by atoms with Gasteiger partial charge in [0.1, 0.15) is 13.9 Å². The summed E-state index contributed by atoms with van der Waals surface area (Å²) in [6.45, 7) is 2.10. The average molecular weight is 567 g/mol. The van der Waals surface area contributed by atoms with E-state index >= 15 is 0 Å². The van der Waals surface area contributed by atoms with Gasteiger partial charge in [-0.3, -0.25) is 9.99 Å². The number of pyridine rings is 2. The summed E-state index contributed by atoms with van der Waals surface area (Å²) in [6, 6.07) is 19.7. The molecule has 0 saturated heterocycles. The standard InChI is InChI=1S/C30H29BClFN8/c1-2-25(18-6-4-3-5-7-18)37-28-19(14-34)15-36-29-23(28)12-21(13-24(29)32)38-30(31,20-8-11-27(33)35-16-20)26-17-41(40-39-26)22-9-10-22/h3-8,11-13,15-17,22,25,38-40H,2,9-10,31H2,1H3,(H,36,37)/t25-,30?/m1/s1. The van der Waals surface area contributed by atoms with Gasteiger partial charge in [-0.2, -0.15) is 9.65 Å². The molecule has 1 aliphatic heterocycles.